The molecule has 0 aliphatic rings. The lowest BCUT2D eigenvalue weighted by molar-refractivity contribution is 0.687. The summed E-state index contributed by atoms with van der Waals surface area (Å²) in [5.74, 6) is 0. The summed E-state index contributed by atoms with van der Waals surface area (Å²) in [5.41, 5.74) is 4.62. The smallest absolute Gasteiger partial charge is 0.0796 e. The van der Waals surface area contributed by atoms with Gasteiger partial charge in [-0.2, -0.15) is 0 Å². The summed E-state index contributed by atoms with van der Waals surface area (Å²) in [6.07, 6.45) is 5.11. The van der Waals surface area contributed by atoms with E-state index in [2.05, 4.69) is 9.97 Å². The number of nitrogens with zero attached hydrogens (tertiary/aromatic N) is 2. The Morgan fingerprint density at radius 1 is 0.957 bits per heavy atom. The van der Waals surface area contributed by atoms with E-state index in [1.807, 2.05) is 55.6 Å². The second-order valence-electron chi connectivity index (χ2n) is 5.22. The zero-order valence-corrected chi connectivity index (χ0v) is 14.4. The van der Waals surface area contributed by atoms with Crippen molar-refractivity contribution in [3.8, 4) is 22.4 Å². The van der Waals surface area contributed by atoms with E-state index in [1.165, 1.54) is 0 Å². The first-order valence-corrected chi connectivity index (χ1v) is 9.00. The minimum Gasteiger partial charge on any atom is -0.261 e. The molecule has 0 saturated heterocycles. The lowest BCUT2D eigenvalue weighted by Crippen LogP contribution is -1.92. The van der Waals surface area contributed by atoms with Crippen LogP contribution in [0.25, 0.3) is 22.4 Å². The van der Waals surface area contributed by atoms with Gasteiger partial charge in [-0.15, -0.1) is 0 Å². The standard InChI is InChI=1S/C18H15ClN2OS/c1-12-3-4-14(10-20-12)18-17(9-15(19)11-21-18)13-5-7-16(8-6-13)23(2)22/h3-11H,1-2H3/t23-/m1/s1. The van der Waals surface area contributed by atoms with E-state index in [0.29, 0.717) is 5.02 Å². The molecule has 3 rings (SSSR count). The summed E-state index contributed by atoms with van der Waals surface area (Å²) >= 11 is 6.13. The zero-order valence-electron chi connectivity index (χ0n) is 12.8. The van der Waals surface area contributed by atoms with Crippen LogP contribution in [-0.4, -0.2) is 20.4 Å². The predicted octanol–water partition coefficient (Wildman–Crippen LogP) is 4.51. The highest BCUT2D eigenvalue weighted by Crippen LogP contribution is 2.32. The molecule has 116 valence electrons. The van der Waals surface area contributed by atoms with Crippen LogP contribution in [0.5, 0.6) is 0 Å². The molecule has 2 aromatic heterocycles. The van der Waals surface area contributed by atoms with Crippen molar-refractivity contribution in [2.24, 2.45) is 0 Å². The van der Waals surface area contributed by atoms with E-state index in [0.717, 1.165) is 33.0 Å². The van der Waals surface area contributed by atoms with E-state index in [9.17, 15) is 4.21 Å². The molecule has 1 atom stereocenters. The van der Waals surface area contributed by atoms with Gasteiger partial charge in [0.1, 0.15) is 0 Å². The molecule has 0 amide bonds. The van der Waals surface area contributed by atoms with Crippen molar-refractivity contribution < 1.29 is 4.21 Å². The summed E-state index contributed by atoms with van der Waals surface area (Å²) in [4.78, 5) is 9.61. The average molecular weight is 343 g/mol. The Morgan fingerprint density at radius 3 is 2.26 bits per heavy atom. The quantitative estimate of drug-likeness (QED) is 0.703. The minimum atomic E-state index is -0.994. The Hall–Kier alpha value is -2.04. The van der Waals surface area contributed by atoms with Crippen molar-refractivity contribution in [2.45, 2.75) is 11.8 Å². The van der Waals surface area contributed by atoms with E-state index in [1.54, 1.807) is 12.5 Å². The van der Waals surface area contributed by atoms with E-state index >= 15 is 0 Å². The van der Waals surface area contributed by atoms with Gasteiger partial charge in [0.25, 0.3) is 0 Å². The lowest BCUT2D eigenvalue weighted by atomic mass is 10.0. The number of hydrogen-bond donors (Lipinski definition) is 0. The molecule has 0 N–H and O–H groups in total. The third kappa shape index (κ3) is 3.49. The molecule has 3 aromatic rings. The number of pyridine rings is 2. The molecule has 0 spiro atoms. The number of hydrogen-bond acceptors (Lipinski definition) is 3. The van der Waals surface area contributed by atoms with Gasteiger partial charge in [0.05, 0.1) is 10.7 Å². The summed E-state index contributed by atoms with van der Waals surface area (Å²) in [6, 6.07) is 13.5. The highest BCUT2D eigenvalue weighted by molar-refractivity contribution is 7.84. The summed E-state index contributed by atoms with van der Waals surface area (Å²) in [5, 5.41) is 0.576. The van der Waals surface area contributed by atoms with Crippen LogP contribution < -0.4 is 0 Å². The van der Waals surface area contributed by atoms with E-state index in [-0.39, 0.29) is 0 Å². The summed E-state index contributed by atoms with van der Waals surface area (Å²) in [7, 11) is -0.994. The Labute approximate surface area is 142 Å². The molecule has 0 aliphatic carbocycles. The summed E-state index contributed by atoms with van der Waals surface area (Å²) in [6.45, 7) is 1.95. The monoisotopic (exact) mass is 342 g/mol. The molecule has 3 nitrogen and oxygen atoms in total. The van der Waals surface area contributed by atoms with Crippen LogP contribution in [0.2, 0.25) is 5.02 Å². The van der Waals surface area contributed by atoms with Gasteiger partial charge in [0, 0.05) is 51.2 Å². The Bertz CT molecular complexity index is 861. The molecule has 0 radical (unpaired) electrons. The molecule has 2 heterocycles. The first-order chi connectivity index (χ1) is 11.0. The zero-order chi connectivity index (χ0) is 16.4. The van der Waals surface area contributed by atoms with Gasteiger partial charge >= 0.3 is 0 Å². The minimum absolute atomic E-state index is 0.576. The van der Waals surface area contributed by atoms with Crippen molar-refractivity contribution in [1.82, 2.24) is 9.97 Å². The van der Waals surface area contributed by atoms with Crippen molar-refractivity contribution in [2.75, 3.05) is 6.26 Å². The van der Waals surface area contributed by atoms with Crippen LogP contribution in [0.15, 0.2) is 59.8 Å². The van der Waals surface area contributed by atoms with Crippen LogP contribution in [-0.2, 0) is 10.8 Å². The van der Waals surface area contributed by atoms with Crippen molar-refractivity contribution in [3.05, 3.63) is 65.6 Å². The highest BCUT2D eigenvalue weighted by Gasteiger charge is 2.11. The predicted molar refractivity (Wildman–Crippen MR) is 95.0 cm³/mol. The van der Waals surface area contributed by atoms with Gasteiger partial charge in [0.2, 0.25) is 0 Å². The first-order valence-electron chi connectivity index (χ1n) is 7.07. The normalized spacial score (nSPS) is 12.1. The van der Waals surface area contributed by atoms with Crippen LogP contribution in [0.1, 0.15) is 5.69 Å². The molecular weight excluding hydrogens is 328 g/mol. The van der Waals surface area contributed by atoms with Crippen LogP contribution in [0.4, 0.5) is 0 Å². The topological polar surface area (TPSA) is 42.9 Å². The third-order valence-electron chi connectivity index (χ3n) is 3.54. The van der Waals surface area contributed by atoms with Gasteiger partial charge in [-0.3, -0.25) is 14.2 Å². The molecule has 0 saturated carbocycles. The number of halogens is 1. The van der Waals surface area contributed by atoms with E-state index in [4.69, 9.17) is 11.6 Å². The SMILES string of the molecule is Cc1ccc(-c2ncc(Cl)cc2-c2ccc([S@@](C)=O)cc2)cn1. The largest absolute Gasteiger partial charge is 0.261 e. The average Bonchev–Trinajstić information content (AvgIpc) is 2.56. The Kier molecular flexibility index (Phi) is 4.55. The fourth-order valence-corrected chi connectivity index (χ4v) is 3.00. The third-order valence-corrected chi connectivity index (χ3v) is 4.68. The molecule has 1 aromatic carbocycles. The fourth-order valence-electron chi connectivity index (χ4n) is 2.32. The van der Waals surface area contributed by atoms with Gasteiger partial charge in [-0.1, -0.05) is 23.7 Å². The second kappa shape index (κ2) is 6.60. The maximum Gasteiger partial charge on any atom is 0.0796 e. The van der Waals surface area contributed by atoms with Crippen molar-refractivity contribution in [1.29, 1.82) is 0 Å². The molecule has 0 fully saturated rings. The number of aryl methyl sites for hydroxylation is 1. The maximum atomic E-state index is 11.5. The number of aromatic nitrogens is 2. The van der Waals surface area contributed by atoms with Crippen LogP contribution >= 0.6 is 11.6 Å². The van der Waals surface area contributed by atoms with E-state index < -0.39 is 10.8 Å². The Morgan fingerprint density at radius 2 is 1.65 bits per heavy atom. The Balaban J connectivity index is 2.12. The highest BCUT2D eigenvalue weighted by atomic mass is 35.5. The molecular formula is C18H15ClN2OS. The lowest BCUT2D eigenvalue weighted by Gasteiger charge is -2.10. The molecule has 5 heteroatoms. The summed E-state index contributed by atoms with van der Waals surface area (Å²) < 4.78 is 11.5. The molecule has 0 aliphatic heterocycles. The molecule has 0 bridgehead atoms. The first kappa shape index (κ1) is 15.8. The van der Waals surface area contributed by atoms with Crippen LogP contribution in [0.3, 0.4) is 0 Å². The van der Waals surface area contributed by atoms with Gasteiger partial charge in [-0.25, -0.2) is 0 Å². The number of benzene rings is 1. The van der Waals surface area contributed by atoms with Crippen LogP contribution in [0, 0.1) is 6.92 Å². The maximum absolute atomic E-state index is 11.5. The van der Waals surface area contributed by atoms with Gasteiger partial charge < -0.3 is 0 Å². The molecule has 0 unspecified atom stereocenters. The molecule has 23 heavy (non-hydrogen) atoms. The second-order valence-corrected chi connectivity index (χ2v) is 7.03. The number of rotatable bonds is 3. The van der Waals surface area contributed by atoms with Gasteiger partial charge in [0.15, 0.2) is 0 Å². The fraction of sp³-hybridized carbons (Fsp3) is 0.111. The van der Waals surface area contributed by atoms with Crippen molar-refractivity contribution >= 4 is 22.4 Å². The van der Waals surface area contributed by atoms with Gasteiger partial charge in [-0.05, 0) is 42.8 Å². The van der Waals surface area contributed by atoms with Crippen molar-refractivity contribution in [3.63, 3.8) is 0 Å².